The number of nitrogens with zero attached hydrogens (tertiary/aromatic N) is 3. The summed E-state index contributed by atoms with van der Waals surface area (Å²) < 4.78 is 0. The van der Waals surface area contributed by atoms with Crippen LogP contribution in [-0.2, 0) is 0 Å². The van der Waals surface area contributed by atoms with Gasteiger partial charge in [-0.15, -0.1) is 0 Å². The van der Waals surface area contributed by atoms with E-state index in [1.807, 2.05) is 20.8 Å². The number of thiocarbonyl (C=S) groups is 1. The second-order valence-corrected chi connectivity index (χ2v) is 5.32. The van der Waals surface area contributed by atoms with E-state index in [0.717, 1.165) is 5.69 Å². The molecule has 0 unspecified atom stereocenters. The van der Waals surface area contributed by atoms with E-state index >= 15 is 0 Å². The molecule has 0 radical (unpaired) electrons. The highest BCUT2D eigenvalue weighted by molar-refractivity contribution is 7.80. The highest BCUT2D eigenvalue weighted by atomic mass is 32.1. The van der Waals surface area contributed by atoms with Crippen LogP contribution < -0.4 is 5.73 Å². The molecular weight excluding hydrogens is 260 g/mol. The molecule has 1 heterocycles. The molecular formula is C13H20N4OS. The topological polar surface area (TPSA) is 72.1 Å². The Kier molecular flexibility index (Phi) is 5.35. The first-order valence-corrected chi connectivity index (χ1v) is 6.64. The van der Waals surface area contributed by atoms with E-state index in [1.54, 1.807) is 17.9 Å². The summed E-state index contributed by atoms with van der Waals surface area (Å²) in [6, 6.07) is 1.84. The van der Waals surface area contributed by atoms with Crippen LogP contribution in [0.1, 0.15) is 42.0 Å². The van der Waals surface area contributed by atoms with E-state index in [1.165, 1.54) is 0 Å². The molecule has 1 amide bonds. The Morgan fingerprint density at radius 2 is 2.05 bits per heavy atom. The van der Waals surface area contributed by atoms with Crippen molar-refractivity contribution in [1.82, 2.24) is 15.1 Å². The molecule has 1 aromatic rings. The van der Waals surface area contributed by atoms with Crippen LogP contribution in [0, 0.1) is 13.8 Å². The average molecular weight is 280 g/mol. The lowest BCUT2D eigenvalue weighted by atomic mass is 10.1. The van der Waals surface area contributed by atoms with Gasteiger partial charge in [0.25, 0.3) is 5.91 Å². The molecule has 0 fully saturated rings. The standard InChI is InChI=1S/C13H20N4OS/c1-8(2)17(6-5-12(14)19)13(18)11-7-9(3)15-16-10(11)4/h7-8H,5-6H2,1-4H3,(H2,14,19). The minimum atomic E-state index is -0.0539. The Hall–Kier alpha value is -1.56. The average Bonchev–Trinajstić information content (AvgIpc) is 2.31. The van der Waals surface area contributed by atoms with E-state index in [2.05, 4.69) is 10.2 Å². The molecule has 1 aromatic heterocycles. The summed E-state index contributed by atoms with van der Waals surface area (Å²) in [5, 5.41) is 7.93. The first-order valence-electron chi connectivity index (χ1n) is 6.23. The van der Waals surface area contributed by atoms with E-state index in [0.29, 0.717) is 29.2 Å². The van der Waals surface area contributed by atoms with E-state index in [4.69, 9.17) is 18.0 Å². The molecule has 5 nitrogen and oxygen atoms in total. The lowest BCUT2D eigenvalue weighted by molar-refractivity contribution is 0.0710. The second-order valence-electron chi connectivity index (χ2n) is 4.79. The third kappa shape index (κ3) is 4.24. The lowest BCUT2D eigenvalue weighted by Crippen LogP contribution is -2.39. The fraction of sp³-hybridized carbons (Fsp3) is 0.538. The second kappa shape index (κ2) is 6.56. The predicted octanol–water partition coefficient (Wildman–Crippen LogP) is 1.62. The van der Waals surface area contributed by atoms with Crippen LogP contribution in [0.5, 0.6) is 0 Å². The highest BCUT2D eigenvalue weighted by Crippen LogP contribution is 2.12. The molecule has 1 rings (SSSR count). The summed E-state index contributed by atoms with van der Waals surface area (Å²) in [4.78, 5) is 14.7. The van der Waals surface area contributed by atoms with Crippen LogP contribution in [0.3, 0.4) is 0 Å². The fourth-order valence-electron chi connectivity index (χ4n) is 1.75. The van der Waals surface area contributed by atoms with Crippen molar-refractivity contribution in [2.24, 2.45) is 5.73 Å². The van der Waals surface area contributed by atoms with Crippen LogP contribution in [0.25, 0.3) is 0 Å². The van der Waals surface area contributed by atoms with Crippen LogP contribution >= 0.6 is 12.2 Å². The third-order valence-electron chi connectivity index (χ3n) is 2.81. The molecule has 19 heavy (non-hydrogen) atoms. The number of rotatable bonds is 5. The van der Waals surface area contributed by atoms with Crippen molar-refractivity contribution in [3.8, 4) is 0 Å². The molecule has 0 aliphatic carbocycles. The van der Waals surface area contributed by atoms with Gasteiger partial charge in [-0.3, -0.25) is 4.79 Å². The van der Waals surface area contributed by atoms with Gasteiger partial charge < -0.3 is 10.6 Å². The lowest BCUT2D eigenvalue weighted by Gasteiger charge is -2.27. The number of aromatic nitrogens is 2. The van der Waals surface area contributed by atoms with Gasteiger partial charge in [0, 0.05) is 19.0 Å². The number of hydrogen-bond acceptors (Lipinski definition) is 4. The van der Waals surface area contributed by atoms with Crippen molar-refractivity contribution in [3.05, 3.63) is 23.0 Å². The van der Waals surface area contributed by atoms with Crippen molar-refractivity contribution in [2.45, 2.75) is 40.2 Å². The zero-order chi connectivity index (χ0) is 14.6. The zero-order valence-electron chi connectivity index (χ0n) is 11.8. The van der Waals surface area contributed by atoms with Gasteiger partial charge in [-0.1, -0.05) is 12.2 Å². The summed E-state index contributed by atoms with van der Waals surface area (Å²) in [5.41, 5.74) is 7.46. The molecule has 0 aromatic carbocycles. The van der Waals surface area contributed by atoms with Gasteiger partial charge in [0.15, 0.2) is 0 Å². The summed E-state index contributed by atoms with van der Waals surface area (Å²) in [7, 11) is 0. The molecule has 0 aliphatic rings. The number of amides is 1. The van der Waals surface area contributed by atoms with Gasteiger partial charge in [0.2, 0.25) is 0 Å². The molecule has 6 heteroatoms. The first-order chi connectivity index (χ1) is 8.82. The Morgan fingerprint density at radius 3 is 2.58 bits per heavy atom. The van der Waals surface area contributed by atoms with Crippen molar-refractivity contribution < 1.29 is 4.79 Å². The van der Waals surface area contributed by atoms with Crippen LogP contribution in [0.4, 0.5) is 0 Å². The van der Waals surface area contributed by atoms with Crippen molar-refractivity contribution in [2.75, 3.05) is 6.54 Å². The maximum atomic E-state index is 12.5. The number of hydrogen-bond donors (Lipinski definition) is 1. The first kappa shape index (κ1) is 15.5. The summed E-state index contributed by atoms with van der Waals surface area (Å²) in [6.07, 6.45) is 0.524. The van der Waals surface area contributed by atoms with Crippen molar-refractivity contribution >= 4 is 23.1 Å². The largest absolute Gasteiger partial charge is 0.393 e. The van der Waals surface area contributed by atoms with Gasteiger partial charge in [-0.05, 0) is 33.8 Å². The molecule has 0 saturated heterocycles. The summed E-state index contributed by atoms with van der Waals surface area (Å²) in [5.74, 6) is -0.0539. The highest BCUT2D eigenvalue weighted by Gasteiger charge is 2.21. The smallest absolute Gasteiger partial charge is 0.256 e. The van der Waals surface area contributed by atoms with Crippen LogP contribution in [0.15, 0.2) is 6.07 Å². The van der Waals surface area contributed by atoms with E-state index < -0.39 is 0 Å². The van der Waals surface area contributed by atoms with Gasteiger partial charge in [0.1, 0.15) is 0 Å². The van der Waals surface area contributed by atoms with Gasteiger partial charge in [-0.25, -0.2) is 0 Å². The normalized spacial score (nSPS) is 10.6. The van der Waals surface area contributed by atoms with E-state index in [9.17, 15) is 4.79 Å². The number of aryl methyl sites for hydroxylation is 2. The summed E-state index contributed by atoms with van der Waals surface area (Å²) in [6.45, 7) is 8.05. The predicted molar refractivity (Wildman–Crippen MR) is 79.1 cm³/mol. The maximum absolute atomic E-state index is 12.5. The van der Waals surface area contributed by atoms with Gasteiger partial charge in [0.05, 0.1) is 21.9 Å². The van der Waals surface area contributed by atoms with E-state index in [-0.39, 0.29) is 11.9 Å². The Bertz CT molecular complexity index is 488. The van der Waals surface area contributed by atoms with Crippen LogP contribution in [-0.4, -0.2) is 38.6 Å². The van der Waals surface area contributed by atoms with Crippen molar-refractivity contribution in [1.29, 1.82) is 0 Å². The SMILES string of the molecule is Cc1cc(C(=O)N(CCC(N)=S)C(C)C)c(C)nn1. The molecule has 0 aliphatic heterocycles. The van der Waals surface area contributed by atoms with Crippen molar-refractivity contribution in [3.63, 3.8) is 0 Å². The Labute approximate surface area is 119 Å². The minimum Gasteiger partial charge on any atom is -0.393 e. The third-order valence-corrected chi connectivity index (χ3v) is 3.02. The molecule has 104 valence electrons. The summed E-state index contributed by atoms with van der Waals surface area (Å²) >= 11 is 4.87. The molecule has 0 saturated carbocycles. The van der Waals surface area contributed by atoms with Gasteiger partial charge >= 0.3 is 0 Å². The monoisotopic (exact) mass is 280 g/mol. The molecule has 2 N–H and O–H groups in total. The number of carbonyl (C=O) groups excluding carboxylic acids is 1. The molecule has 0 spiro atoms. The van der Waals surface area contributed by atoms with Gasteiger partial charge in [-0.2, -0.15) is 10.2 Å². The number of nitrogens with two attached hydrogens (primary N) is 1. The maximum Gasteiger partial charge on any atom is 0.256 e. The Morgan fingerprint density at radius 1 is 1.42 bits per heavy atom. The number of carbonyl (C=O) groups is 1. The quantitative estimate of drug-likeness (QED) is 0.830. The fourth-order valence-corrected chi connectivity index (χ4v) is 1.84. The van der Waals surface area contributed by atoms with Crippen LogP contribution in [0.2, 0.25) is 0 Å². The minimum absolute atomic E-state index is 0.0539. The molecule has 0 atom stereocenters. The molecule has 0 bridgehead atoms. The Balaban J connectivity index is 2.99. The zero-order valence-corrected chi connectivity index (χ0v) is 12.6.